The van der Waals surface area contributed by atoms with Gasteiger partial charge in [0.25, 0.3) is 0 Å². The molecule has 1 aliphatic heterocycles. The Kier molecular flexibility index (Phi) is 8.51. The molecule has 1 aromatic carbocycles. The standard InChI is InChI=1S/C25H28Cl3N3O2S/c1-12(2)24-25(13(3)4)31(24)21(33)11-18(32)22(29)14(5)23(19-8-9-20(28)34-19)30-17-7-6-15(26)10-16(17)27/h6-10,12-13,24-25H,11,29H2,1-5H3. The summed E-state index contributed by atoms with van der Waals surface area (Å²) in [6.07, 6.45) is -0.282. The zero-order chi connectivity index (χ0) is 25.3. The maximum atomic E-state index is 13.0. The largest absolute Gasteiger partial charge is 0.396 e. The Labute approximate surface area is 219 Å². The van der Waals surface area contributed by atoms with Crippen molar-refractivity contribution in [1.82, 2.24) is 4.90 Å². The lowest BCUT2D eigenvalue weighted by molar-refractivity contribution is -0.131. The van der Waals surface area contributed by atoms with Crippen molar-refractivity contribution in [2.45, 2.75) is 53.1 Å². The molecule has 0 saturated carbocycles. The van der Waals surface area contributed by atoms with Gasteiger partial charge >= 0.3 is 0 Å². The van der Waals surface area contributed by atoms with E-state index in [1.807, 2.05) is 4.90 Å². The van der Waals surface area contributed by atoms with Gasteiger partial charge < -0.3 is 10.6 Å². The van der Waals surface area contributed by atoms with E-state index in [-0.39, 0.29) is 30.1 Å². The van der Waals surface area contributed by atoms with Crippen molar-refractivity contribution < 1.29 is 9.59 Å². The number of nitrogens with zero attached hydrogens (tertiary/aromatic N) is 2. The average molecular weight is 541 g/mol. The normalized spacial score (nSPS) is 19.0. The molecule has 0 bridgehead atoms. The van der Waals surface area contributed by atoms with Crippen molar-refractivity contribution in [2.75, 3.05) is 0 Å². The average Bonchev–Trinajstić information content (AvgIpc) is 3.40. The fraction of sp³-hybridized carbons (Fsp3) is 0.400. The monoisotopic (exact) mass is 539 g/mol. The summed E-state index contributed by atoms with van der Waals surface area (Å²) < 4.78 is 0.568. The summed E-state index contributed by atoms with van der Waals surface area (Å²) >= 11 is 19.8. The molecule has 1 fully saturated rings. The van der Waals surface area contributed by atoms with Crippen molar-refractivity contribution in [3.63, 3.8) is 0 Å². The molecule has 2 N–H and O–H groups in total. The molecule has 1 aromatic heterocycles. The maximum Gasteiger partial charge on any atom is 0.231 e. The van der Waals surface area contributed by atoms with E-state index in [1.165, 1.54) is 11.3 Å². The second-order valence-corrected chi connectivity index (χ2v) is 11.6. The van der Waals surface area contributed by atoms with E-state index in [1.54, 1.807) is 37.3 Å². The van der Waals surface area contributed by atoms with Gasteiger partial charge in [-0.2, -0.15) is 0 Å². The van der Waals surface area contributed by atoms with Gasteiger partial charge in [-0.05, 0) is 49.1 Å². The van der Waals surface area contributed by atoms with Crippen LogP contribution < -0.4 is 5.73 Å². The quantitative estimate of drug-likeness (QED) is 0.171. The van der Waals surface area contributed by atoms with Crippen LogP contribution in [0.5, 0.6) is 0 Å². The number of carbonyl (C=O) groups excluding carboxylic acids is 2. The van der Waals surface area contributed by atoms with E-state index in [2.05, 4.69) is 32.7 Å². The van der Waals surface area contributed by atoms with Crippen LogP contribution in [0.15, 0.2) is 46.6 Å². The van der Waals surface area contributed by atoms with Crippen molar-refractivity contribution in [3.05, 3.63) is 60.9 Å². The zero-order valence-electron chi connectivity index (χ0n) is 19.7. The zero-order valence-corrected chi connectivity index (χ0v) is 22.8. The lowest BCUT2D eigenvalue weighted by Gasteiger charge is -2.11. The molecule has 5 nitrogen and oxygen atoms in total. The Morgan fingerprint density at radius 3 is 2.18 bits per heavy atom. The fourth-order valence-corrected chi connectivity index (χ4v) is 5.69. The number of thiophene rings is 1. The molecule has 2 heterocycles. The van der Waals surface area contributed by atoms with Crippen LogP contribution in [-0.2, 0) is 9.59 Å². The molecule has 0 radical (unpaired) electrons. The number of benzene rings is 1. The van der Waals surface area contributed by atoms with E-state index < -0.39 is 5.78 Å². The summed E-state index contributed by atoms with van der Waals surface area (Å²) in [5.41, 5.74) is 7.66. The molecule has 9 heteroatoms. The van der Waals surface area contributed by atoms with Gasteiger partial charge in [-0.1, -0.05) is 62.5 Å². The lowest BCUT2D eigenvalue weighted by atomic mass is 10.0. The topological polar surface area (TPSA) is 75.5 Å². The first-order valence-electron chi connectivity index (χ1n) is 11.0. The van der Waals surface area contributed by atoms with Gasteiger partial charge in [0, 0.05) is 10.6 Å². The number of rotatable bonds is 8. The molecule has 1 aliphatic rings. The third-order valence-electron chi connectivity index (χ3n) is 5.88. The predicted octanol–water partition coefficient (Wildman–Crippen LogP) is 6.91. The highest BCUT2D eigenvalue weighted by atomic mass is 35.5. The van der Waals surface area contributed by atoms with Gasteiger partial charge in [0.1, 0.15) is 0 Å². The minimum atomic E-state index is -0.433. The number of ketones is 1. The number of allylic oxidation sites excluding steroid dienone is 2. The number of amides is 1. The minimum absolute atomic E-state index is 0.00856. The molecule has 182 valence electrons. The van der Waals surface area contributed by atoms with Gasteiger partial charge in [-0.3, -0.25) is 9.59 Å². The third kappa shape index (κ3) is 5.85. The van der Waals surface area contributed by atoms with Gasteiger partial charge in [0.05, 0.1) is 49.8 Å². The second-order valence-electron chi connectivity index (χ2n) is 9.07. The Balaban J connectivity index is 1.91. The highest BCUT2D eigenvalue weighted by molar-refractivity contribution is 7.18. The van der Waals surface area contributed by atoms with Crippen molar-refractivity contribution in [1.29, 1.82) is 0 Å². The van der Waals surface area contributed by atoms with E-state index >= 15 is 0 Å². The van der Waals surface area contributed by atoms with Crippen LogP contribution in [0.1, 0.15) is 45.9 Å². The van der Waals surface area contributed by atoms with Crippen LogP contribution in [0.25, 0.3) is 0 Å². The molecule has 3 rings (SSSR count). The van der Waals surface area contributed by atoms with Crippen LogP contribution in [0.3, 0.4) is 0 Å². The number of hydrogen-bond donors (Lipinski definition) is 1. The Morgan fingerprint density at radius 2 is 1.68 bits per heavy atom. The molecule has 1 amide bonds. The summed E-state index contributed by atoms with van der Waals surface area (Å²) in [5.74, 6) is 0.0218. The molecule has 1 saturated heterocycles. The van der Waals surface area contributed by atoms with E-state index in [0.717, 1.165) is 4.88 Å². The van der Waals surface area contributed by atoms with Gasteiger partial charge in [0.2, 0.25) is 5.91 Å². The Morgan fingerprint density at radius 1 is 1.06 bits per heavy atom. The molecule has 34 heavy (non-hydrogen) atoms. The van der Waals surface area contributed by atoms with Crippen LogP contribution >= 0.6 is 46.1 Å². The predicted molar refractivity (Wildman–Crippen MR) is 143 cm³/mol. The summed E-state index contributed by atoms with van der Waals surface area (Å²) in [6.45, 7) is 10.1. The number of aliphatic imine (C=N–C) groups is 1. The van der Waals surface area contributed by atoms with Crippen LogP contribution in [0.4, 0.5) is 5.69 Å². The van der Waals surface area contributed by atoms with Gasteiger partial charge in [-0.15, -0.1) is 11.3 Å². The summed E-state index contributed by atoms with van der Waals surface area (Å²) in [5, 5.41) is 0.848. The van der Waals surface area contributed by atoms with Crippen molar-refractivity contribution in [3.8, 4) is 0 Å². The summed E-state index contributed by atoms with van der Waals surface area (Å²) in [6, 6.07) is 8.82. The number of nitrogens with two attached hydrogens (primary N) is 1. The second kappa shape index (κ2) is 10.8. The highest BCUT2D eigenvalue weighted by Gasteiger charge is 2.53. The van der Waals surface area contributed by atoms with Crippen LogP contribution in [-0.4, -0.2) is 34.4 Å². The third-order valence-corrected chi connectivity index (χ3v) is 7.65. The van der Waals surface area contributed by atoms with Gasteiger partial charge in [0.15, 0.2) is 5.78 Å². The molecular weight excluding hydrogens is 513 g/mol. The van der Waals surface area contributed by atoms with E-state index in [9.17, 15) is 9.59 Å². The number of Topliss-reactive ketones (excluding diaryl/α,β-unsaturated/α-hetero) is 1. The first kappa shape index (κ1) is 26.7. The molecule has 2 unspecified atom stereocenters. The molecule has 0 spiro atoms. The SMILES string of the molecule is CC(C(=Nc1ccc(Cl)cc1Cl)c1ccc(Cl)s1)=C(N)C(=O)CC(=O)N1C(C(C)C)C1C(C)C. The maximum absolute atomic E-state index is 13.0. The molecule has 2 aromatic rings. The fourth-order valence-electron chi connectivity index (χ4n) is 4.15. The first-order chi connectivity index (χ1) is 15.9. The van der Waals surface area contributed by atoms with Crippen molar-refractivity contribution in [2.24, 2.45) is 22.6 Å². The summed E-state index contributed by atoms with van der Waals surface area (Å²) in [4.78, 5) is 33.2. The number of halogens is 3. The lowest BCUT2D eigenvalue weighted by Crippen LogP contribution is -2.25. The minimum Gasteiger partial charge on any atom is -0.396 e. The van der Waals surface area contributed by atoms with E-state index in [0.29, 0.717) is 43.2 Å². The van der Waals surface area contributed by atoms with Crippen LogP contribution in [0.2, 0.25) is 14.4 Å². The summed E-state index contributed by atoms with van der Waals surface area (Å²) in [7, 11) is 0. The number of hydrogen-bond acceptors (Lipinski definition) is 5. The van der Waals surface area contributed by atoms with Crippen LogP contribution in [0, 0.1) is 11.8 Å². The molecule has 0 aliphatic carbocycles. The Bertz CT molecular complexity index is 1160. The first-order valence-corrected chi connectivity index (χ1v) is 13.0. The number of carbonyl (C=O) groups is 2. The smallest absolute Gasteiger partial charge is 0.231 e. The highest BCUT2D eigenvalue weighted by Crippen LogP contribution is 2.40. The Hall–Kier alpha value is -1.86. The van der Waals surface area contributed by atoms with Gasteiger partial charge in [-0.25, -0.2) is 4.99 Å². The van der Waals surface area contributed by atoms with E-state index in [4.69, 9.17) is 40.5 Å². The van der Waals surface area contributed by atoms with Crippen molar-refractivity contribution >= 4 is 69.2 Å². The molecular formula is C25H28Cl3N3O2S. The molecule has 2 atom stereocenters.